The van der Waals surface area contributed by atoms with E-state index in [0.29, 0.717) is 18.8 Å². The third-order valence-corrected chi connectivity index (χ3v) is 4.38. The normalized spacial score (nSPS) is 16.4. The van der Waals surface area contributed by atoms with Crippen molar-refractivity contribution in [2.75, 3.05) is 0 Å². The van der Waals surface area contributed by atoms with Gasteiger partial charge in [0, 0.05) is 43.7 Å². The number of nitrogens with zero attached hydrogens (tertiary/aromatic N) is 3. The number of carbonyl (C=O) groups is 1. The second-order valence-electron chi connectivity index (χ2n) is 6.14. The summed E-state index contributed by atoms with van der Waals surface area (Å²) in [7, 11) is 0. The average Bonchev–Trinajstić information content (AvgIpc) is 3.25. The van der Waals surface area contributed by atoms with E-state index < -0.39 is 0 Å². The lowest BCUT2D eigenvalue weighted by atomic mass is 10.1. The summed E-state index contributed by atoms with van der Waals surface area (Å²) in [6.07, 6.45) is 7.10. The number of fused-ring (bicyclic) bond motifs is 1. The molecule has 1 aliphatic heterocycles. The Morgan fingerprint density at radius 2 is 2.20 bits per heavy atom. The average molecular weight is 338 g/mol. The Morgan fingerprint density at radius 1 is 1.28 bits per heavy atom. The first kappa shape index (κ1) is 15.4. The summed E-state index contributed by atoms with van der Waals surface area (Å²) in [5.74, 6) is 1.65. The largest absolute Gasteiger partial charge is 0.454 e. The van der Waals surface area contributed by atoms with Gasteiger partial charge in [0.25, 0.3) is 11.5 Å². The molecule has 0 bridgehead atoms. The Labute approximate surface area is 143 Å². The Morgan fingerprint density at radius 3 is 3.08 bits per heavy atom. The van der Waals surface area contributed by atoms with E-state index in [-0.39, 0.29) is 23.3 Å². The van der Waals surface area contributed by atoms with Gasteiger partial charge in [-0.3, -0.25) is 9.59 Å². The number of rotatable bonds is 4. The number of aromatic nitrogens is 3. The van der Waals surface area contributed by atoms with Crippen molar-refractivity contribution in [2.45, 2.75) is 32.0 Å². The van der Waals surface area contributed by atoms with Gasteiger partial charge in [-0.1, -0.05) is 6.07 Å². The van der Waals surface area contributed by atoms with Gasteiger partial charge in [0.05, 0.1) is 6.54 Å². The second-order valence-corrected chi connectivity index (χ2v) is 6.14. The molecule has 4 rings (SSSR count). The van der Waals surface area contributed by atoms with Crippen molar-refractivity contribution in [3.63, 3.8) is 0 Å². The predicted octanol–water partition coefficient (Wildman–Crippen LogP) is 1.43. The van der Waals surface area contributed by atoms with Crippen LogP contribution in [-0.4, -0.2) is 26.1 Å². The van der Waals surface area contributed by atoms with Crippen LogP contribution in [0.3, 0.4) is 0 Å². The SMILES string of the molecule is O=C(NC1CCc2nccn2C1)c1ccc(Cn2ccccc2=O)o1. The van der Waals surface area contributed by atoms with Crippen LogP contribution in [0.1, 0.15) is 28.6 Å². The van der Waals surface area contributed by atoms with E-state index in [0.717, 1.165) is 18.7 Å². The first-order chi connectivity index (χ1) is 12.2. The van der Waals surface area contributed by atoms with Gasteiger partial charge in [-0.25, -0.2) is 4.98 Å². The van der Waals surface area contributed by atoms with E-state index in [9.17, 15) is 9.59 Å². The van der Waals surface area contributed by atoms with Crippen LogP contribution in [0.25, 0.3) is 0 Å². The number of furan rings is 1. The van der Waals surface area contributed by atoms with Crippen molar-refractivity contribution in [3.8, 4) is 0 Å². The number of amides is 1. The summed E-state index contributed by atoms with van der Waals surface area (Å²) in [6, 6.07) is 8.39. The molecule has 0 aliphatic carbocycles. The van der Waals surface area contributed by atoms with E-state index in [1.807, 2.05) is 6.20 Å². The molecule has 1 N–H and O–H groups in total. The van der Waals surface area contributed by atoms with Gasteiger partial charge in [0.1, 0.15) is 11.6 Å². The highest BCUT2D eigenvalue weighted by atomic mass is 16.4. The van der Waals surface area contributed by atoms with Crippen molar-refractivity contribution in [1.82, 2.24) is 19.4 Å². The maximum Gasteiger partial charge on any atom is 0.287 e. The van der Waals surface area contributed by atoms with E-state index in [1.165, 1.54) is 10.6 Å². The lowest BCUT2D eigenvalue weighted by Gasteiger charge is -2.24. The number of aryl methyl sites for hydroxylation is 1. The fourth-order valence-corrected chi connectivity index (χ4v) is 3.08. The first-order valence-electron chi connectivity index (χ1n) is 8.24. The van der Waals surface area contributed by atoms with E-state index in [2.05, 4.69) is 14.9 Å². The van der Waals surface area contributed by atoms with E-state index >= 15 is 0 Å². The molecule has 128 valence electrons. The molecule has 1 amide bonds. The summed E-state index contributed by atoms with van der Waals surface area (Å²) < 4.78 is 9.20. The Hall–Kier alpha value is -3.09. The molecule has 3 aromatic rings. The van der Waals surface area contributed by atoms with Gasteiger partial charge in [-0.15, -0.1) is 0 Å². The van der Waals surface area contributed by atoms with Gasteiger partial charge in [-0.05, 0) is 24.6 Å². The molecular weight excluding hydrogens is 320 g/mol. The summed E-state index contributed by atoms with van der Waals surface area (Å²) >= 11 is 0. The lowest BCUT2D eigenvalue weighted by Crippen LogP contribution is -2.40. The minimum absolute atomic E-state index is 0.0551. The van der Waals surface area contributed by atoms with Crippen LogP contribution >= 0.6 is 0 Å². The number of imidazole rings is 1. The highest BCUT2D eigenvalue weighted by Gasteiger charge is 2.22. The Bertz CT molecular complexity index is 953. The van der Waals surface area contributed by atoms with E-state index in [1.54, 1.807) is 36.7 Å². The molecule has 3 aromatic heterocycles. The lowest BCUT2D eigenvalue weighted by molar-refractivity contribution is 0.0897. The smallest absolute Gasteiger partial charge is 0.287 e. The summed E-state index contributed by atoms with van der Waals surface area (Å²) in [5.41, 5.74) is -0.108. The Balaban J connectivity index is 1.41. The van der Waals surface area contributed by atoms with Crippen molar-refractivity contribution >= 4 is 5.91 Å². The summed E-state index contributed by atoms with van der Waals surface area (Å²) in [4.78, 5) is 28.4. The third kappa shape index (κ3) is 3.26. The molecule has 0 spiro atoms. The minimum Gasteiger partial charge on any atom is -0.454 e. The molecule has 7 nitrogen and oxygen atoms in total. The zero-order valence-electron chi connectivity index (χ0n) is 13.6. The topological polar surface area (TPSA) is 82.1 Å². The molecule has 0 saturated heterocycles. The van der Waals surface area contributed by atoms with Gasteiger partial charge in [0.15, 0.2) is 5.76 Å². The van der Waals surface area contributed by atoms with Crippen LogP contribution in [-0.2, 0) is 19.5 Å². The van der Waals surface area contributed by atoms with Crippen LogP contribution in [0.2, 0.25) is 0 Å². The van der Waals surface area contributed by atoms with Crippen molar-refractivity contribution in [3.05, 3.63) is 76.6 Å². The van der Waals surface area contributed by atoms with Crippen LogP contribution in [0.4, 0.5) is 0 Å². The third-order valence-electron chi connectivity index (χ3n) is 4.38. The highest BCUT2D eigenvalue weighted by molar-refractivity contribution is 5.91. The quantitative estimate of drug-likeness (QED) is 0.780. The number of hydrogen-bond donors (Lipinski definition) is 1. The zero-order chi connectivity index (χ0) is 17.2. The summed E-state index contributed by atoms with van der Waals surface area (Å²) in [6.45, 7) is 1.02. The van der Waals surface area contributed by atoms with Gasteiger partial charge < -0.3 is 18.9 Å². The number of carbonyl (C=O) groups excluding carboxylic acids is 1. The van der Waals surface area contributed by atoms with E-state index in [4.69, 9.17) is 4.42 Å². The Kier molecular flexibility index (Phi) is 3.97. The molecular formula is C18H18N4O3. The van der Waals surface area contributed by atoms with Crippen molar-refractivity contribution in [1.29, 1.82) is 0 Å². The molecule has 1 atom stereocenters. The standard InChI is InChI=1S/C18H18N4O3/c23-17-3-1-2-9-22(17)12-14-5-6-15(25-14)18(24)20-13-4-7-16-19-8-10-21(16)11-13/h1-3,5-6,8-10,13H,4,7,11-12H2,(H,20,24). The van der Waals surface area contributed by atoms with Crippen LogP contribution < -0.4 is 10.9 Å². The molecule has 0 saturated carbocycles. The molecule has 0 fully saturated rings. The molecule has 7 heteroatoms. The van der Waals surface area contributed by atoms with Gasteiger partial charge in [-0.2, -0.15) is 0 Å². The zero-order valence-corrected chi connectivity index (χ0v) is 13.6. The monoisotopic (exact) mass is 338 g/mol. The minimum atomic E-state index is -0.236. The first-order valence-corrected chi connectivity index (χ1v) is 8.24. The highest BCUT2D eigenvalue weighted by Crippen LogP contribution is 2.15. The van der Waals surface area contributed by atoms with Crippen molar-refractivity contribution in [2.24, 2.45) is 0 Å². The fourth-order valence-electron chi connectivity index (χ4n) is 3.08. The number of hydrogen-bond acceptors (Lipinski definition) is 4. The van der Waals surface area contributed by atoms with Gasteiger partial charge in [0.2, 0.25) is 0 Å². The van der Waals surface area contributed by atoms with Crippen LogP contribution in [0.5, 0.6) is 0 Å². The predicted molar refractivity (Wildman–Crippen MR) is 90.3 cm³/mol. The molecule has 0 aromatic carbocycles. The fraction of sp³-hybridized carbons (Fsp3) is 0.278. The number of pyridine rings is 1. The van der Waals surface area contributed by atoms with Crippen LogP contribution in [0, 0.1) is 0 Å². The maximum absolute atomic E-state index is 12.4. The molecule has 4 heterocycles. The number of nitrogens with one attached hydrogen (secondary N) is 1. The van der Waals surface area contributed by atoms with Crippen molar-refractivity contribution < 1.29 is 9.21 Å². The molecule has 1 aliphatic rings. The van der Waals surface area contributed by atoms with Gasteiger partial charge >= 0.3 is 0 Å². The maximum atomic E-state index is 12.4. The van der Waals surface area contributed by atoms with Crippen LogP contribution in [0.15, 0.2) is 58.1 Å². The second kappa shape index (κ2) is 6.43. The summed E-state index contributed by atoms with van der Waals surface area (Å²) in [5, 5.41) is 3.00. The molecule has 25 heavy (non-hydrogen) atoms. The molecule has 0 radical (unpaired) electrons. The molecule has 1 unspecified atom stereocenters.